The molecule has 0 aliphatic carbocycles. The molecule has 0 unspecified atom stereocenters. The number of nitrogens with zero attached hydrogens (tertiary/aromatic N) is 4. The van der Waals surface area contributed by atoms with Gasteiger partial charge >= 0.3 is 0 Å². The molecule has 1 aromatic carbocycles. The molecule has 0 spiro atoms. The van der Waals surface area contributed by atoms with Crippen molar-refractivity contribution in [3.05, 3.63) is 35.3 Å². The van der Waals surface area contributed by atoms with Crippen molar-refractivity contribution < 1.29 is 4.39 Å². The number of nitrogens with two attached hydrogens (primary N) is 1. The van der Waals surface area contributed by atoms with E-state index in [1.165, 1.54) is 12.1 Å². The maximum atomic E-state index is 13.6. The molecule has 0 saturated carbocycles. The number of fused-ring (bicyclic) bond motifs is 1. The highest BCUT2D eigenvalue weighted by atomic mass is 19.1. The molecule has 0 fully saturated rings. The minimum absolute atomic E-state index is 0.291. The molecular weight excluding hydrogens is 257 g/mol. The minimum Gasteiger partial charge on any atom is -0.369 e. The Morgan fingerprint density at radius 2 is 2.00 bits per heavy atom. The third-order valence-corrected chi connectivity index (χ3v) is 3.32. The first-order valence-electron chi connectivity index (χ1n) is 6.50. The van der Waals surface area contributed by atoms with Gasteiger partial charge in [0.2, 0.25) is 5.95 Å². The van der Waals surface area contributed by atoms with E-state index in [0.29, 0.717) is 18.2 Å². The van der Waals surface area contributed by atoms with E-state index in [4.69, 9.17) is 5.73 Å². The number of nitrogen functional groups attached to an aromatic ring is 1. The Balaban J connectivity index is 2.37. The lowest BCUT2D eigenvalue weighted by atomic mass is 10.2. The van der Waals surface area contributed by atoms with E-state index in [-0.39, 0.29) is 5.82 Å². The van der Waals surface area contributed by atoms with Crippen LogP contribution in [0.25, 0.3) is 16.9 Å². The second-order valence-corrected chi connectivity index (χ2v) is 4.87. The molecule has 0 saturated heterocycles. The van der Waals surface area contributed by atoms with Crippen LogP contribution in [0.4, 0.5) is 10.3 Å². The summed E-state index contributed by atoms with van der Waals surface area (Å²) in [5.74, 6) is 0.0493. The van der Waals surface area contributed by atoms with Crippen molar-refractivity contribution in [1.82, 2.24) is 19.3 Å². The molecule has 3 rings (SSSR count). The Morgan fingerprint density at radius 1 is 1.25 bits per heavy atom. The van der Waals surface area contributed by atoms with Crippen LogP contribution >= 0.6 is 0 Å². The maximum Gasteiger partial charge on any atom is 0.207 e. The fraction of sp³-hybridized carbons (Fsp3) is 0.286. The topological polar surface area (TPSA) is 61.7 Å². The van der Waals surface area contributed by atoms with Crippen LogP contribution in [-0.2, 0) is 6.54 Å². The smallest absolute Gasteiger partial charge is 0.207 e. The van der Waals surface area contributed by atoms with Gasteiger partial charge in [-0.05, 0) is 44.5 Å². The molecule has 104 valence electrons. The Hall–Kier alpha value is -2.37. The van der Waals surface area contributed by atoms with Crippen LogP contribution in [0, 0.1) is 19.7 Å². The summed E-state index contributed by atoms with van der Waals surface area (Å²) >= 11 is 0. The highest BCUT2D eigenvalue weighted by Crippen LogP contribution is 2.26. The van der Waals surface area contributed by atoms with Crippen molar-refractivity contribution in [2.24, 2.45) is 0 Å². The summed E-state index contributed by atoms with van der Waals surface area (Å²) in [6.07, 6.45) is 0. The molecule has 0 aliphatic heterocycles. The summed E-state index contributed by atoms with van der Waals surface area (Å²) in [6.45, 7) is 6.43. The van der Waals surface area contributed by atoms with E-state index in [9.17, 15) is 4.39 Å². The molecular formula is C14H16FN5. The number of hydrogen-bond acceptors (Lipinski definition) is 3. The Labute approximate surface area is 115 Å². The van der Waals surface area contributed by atoms with Crippen LogP contribution in [0.5, 0.6) is 0 Å². The summed E-state index contributed by atoms with van der Waals surface area (Å²) in [7, 11) is 0. The van der Waals surface area contributed by atoms with Gasteiger partial charge in [-0.15, -0.1) is 0 Å². The van der Waals surface area contributed by atoms with Crippen molar-refractivity contribution >= 4 is 17.1 Å². The fourth-order valence-electron chi connectivity index (χ4n) is 2.51. The van der Waals surface area contributed by atoms with Crippen LogP contribution in [0.1, 0.15) is 18.2 Å². The van der Waals surface area contributed by atoms with E-state index in [0.717, 1.165) is 22.4 Å². The van der Waals surface area contributed by atoms with Crippen molar-refractivity contribution in [1.29, 1.82) is 0 Å². The van der Waals surface area contributed by atoms with E-state index in [1.807, 2.05) is 31.5 Å². The standard InChI is InChI=1S/C14H16FN5/c1-4-19-13-12(9(3)18-19)17-14(16)20(13)11-6-8(2)5-10(15)7-11/h5-7H,4H2,1-3H3,(H2,16,17). The molecule has 0 aliphatic rings. The predicted molar refractivity (Wildman–Crippen MR) is 76.4 cm³/mol. The normalized spacial score (nSPS) is 11.4. The predicted octanol–water partition coefficient (Wildman–Crippen LogP) is 2.58. The molecule has 0 bridgehead atoms. The second kappa shape index (κ2) is 4.33. The zero-order chi connectivity index (χ0) is 14.4. The zero-order valence-electron chi connectivity index (χ0n) is 11.7. The number of rotatable bonds is 2. The second-order valence-electron chi connectivity index (χ2n) is 4.87. The molecule has 0 radical (unpaired) electrons. The van der Waals surface area contributed by atoms with E-state index >= 15 is 0 Å². The number of imidazole rings is 1. The first kappa shape index (κ1) is 12.7. The summed E-state index contributed by atoms with van der Waals surface area (Å²) in [6, 6.07) is 4.81. The Bertz CT molecular complexity index is 779. The van der Waals surface area contributed by atoms with Crippen LogP contribution in [0.3, 0.4) is 0 Å². The van der Waals surface area contributed by atoms with Gasteiger partial charge in [0.15, 0.2) is 5.65 Å². The van der Waals surface area contributed by atoms with Gasteiger partial charge in [0, 0.05) is 6.54 Å². The lowest BCUT2D eigenvalue weighted by molar-refractivity contribution is 0.624. The Morgan fingerprint density at radius 3 is 2.65 bits per heavy atom. The van der Waals surface area contributed by atoms with Crippen molar-refractivity contribution in [2.75, 3.05) is 5.73 Å². The largest absolute Gasteiger partial charge is 0.369 e. The van der Waals surface area contributed by atoms with Crippen molar-refractivity contribution in [3.63, 3.8) is 0 Å². The highest BCUT2D eigenvalue weighted by Gasteiger charge is 2.18. The van der Waals surface area contributed by atoms with Gasteiger partial charge in [0.25, 0.3) is 0 Å². The first-order valence-corrected chi connectivity index (χ1v) is 6.50. The van der Waals surface area contributed by atoms with Crippen molar-refractivity contribution in [3.8, 4) is 5.69 Å². The lowest BCUT2D eigenvalue weighted by Gasteiger charge is -2.09. The van der Waals surface area contributed by atoms with Gasteiger partial charge in [-0.3, -0.25) is 4.57 Å². The van der Waals surface area contributed by atoms with E-state index in [2.05, 4.69) is 10.1 Å². The molecule has 2 heterocycles. The average molecular weight is 273 g/mol. The average Bonchev–Trinajstić information content (AvgIpc) is 2.85. The maximum absolute atomic E-state index is 13.6. The summed E-state index contributed by atoms with van der Waals surface area (Å²) < 4.78 is 17.2. The van der Waals surface area contributed by atoms with Crippen LogP contribution < -0.4 is 5.73 Å². The molecule has 0 atom stereocenters. The number of aryl methyl sites for hydroxylation is 3. The van der Waals surface area contributed by atoms with Gasteiger partial charge in [0.1, 0.15) is 11.3 Å². The number of anilines is 1. The number of hydrogen-bond donors (Lipinski definition) is 1. The van der Waals surface area contributed by atoms with Gasteiger partial charge in [0.05, 0.1) is 11.4 Å². The van der Waals surface area contributed by atoms with Gasteiger partial charge in [-0.1, -0.05) is 0 Å². The molecule has 20 heavy (non-hydrogen) atoms. The van der Waals surface area contributed by atoms with Gasteiger partial charge in [-0.2, -0.15) is 5.10 Å². The number of halogens is 1. The van der Waals surface area contributed by atoms with Crippen LogP contribution in [-0.4, -0.2) is 19.3 Å². The Kier molecular flexibility index (Phi) is 2.74. The minimum atomic E-state index is -0.291. The summed E-state index contributed by atoms with van der Waals surface area (Å²) in [4.78, 5) is 4.35. The van der Waals surface area contributed by atoms with Crippen LogP contribution in [0.2, 0.25) is 0 Å². The molecule has 6 heteroatoms. The molecule has 2 aromatic heterocycles. The van der Waals surface area contributed by atoms with Crippen LogP contribution in [0.15, 0.2) is 18.2 Å². The van der Waals surface area contributed by atoms with E-state index < -0.39 is 0 Å². The fourth-order valence-corrected chi connectivity index (χ4v) is 2.51. The van der Waals surface area contributed by atoms with E-state index in [1.54, 1.807) is 4.57 Å². The highest BCUT2D eigenvalue weighted by molar-refractivity contribution is 5.80. The quantitative estimate of drug-likeness (QED) is 0.780. The van der Waals surface area contributed by atoms with Crippen molar-refractivity contribution in [2.45, 2.75) is 27.3 Å². The summed E-state index contributed by atoms with van der Waals surface area (Å²) in [5.41, 5.74) is 9.88. The SMILES string of the molecule is CCn1nc(C)c2nc(N)n(-c3cc(C)cc(F)c3)c21. The third kappa shape index (κ3) is 1.76. The third-order valence-electron chi connectivity index (χ3n) is 3.32. The molecule has 2 N–H and O–H groups in total. The number of benzene rings is 1. The molecule has 0 amide bonds. The molecule has 3 aromatic rings. The number of aromatic nitrogens is 4. The summed E-state index contributed by atoms with van der Waals surface area (Å²) in [5, 5.41) is 4.42. The molecule has 5 nitrogen and oxygen atoms in total. The zero-order valence-corrected chi connectivity index (χ0v) is 11.7. The monoisotopic (exact) mass is 273 g/mol. The van der Waals surface area contributed by atoms with Gasteiger partial charge in [-0.25, -0.2) is 14.1 Å². The lowest BCUT2D eigenvalue weighted by Crippen LogP contribution is -2.07. The van der Waals surface area contributed by atoms with Gasteiger partial charge < -0.3 is 5.73 Å². The first-order chi connectivity index (χ1) is 9.51.